The lowest BCUT2D eigenvalue weighted by molar-refractivity contribution is -0.146. The standard InChI is InChI=1S/C22H23F3N6O/c1-13-10-15(12-27-20(13)32-9-8-14-6-4-3-5-7-14)17-18-19(29-16(11-26)28-17)31(2)21(30-18)22(23,24)25/h10,12,14H,3-9H2,1-2H3. The maximum atomic E-state index is 13.3. The van der Waals surface area contributed by atoms with E-state index in [4.69, 9.17) is 4.74 Å². The number of aryl methyl sites for hydroxylation is 2. The summed E-state index contributed by atoms with van der Waals surface area (Å²) >= 11 is 0. The van der Waals surface area contributed by atoms with Gasteiger partial charge in [-0.1, -0.05) is 32.1 Å². The maximum absolute atomic E-state index is 13.3. The molecule has 1 saturated carbocycles. The fraction of sp³-hybridized carbons (Fsp3) is 0.500. The molecule has 1 fully saturated rings. The van der Waals surface area contributed by atoms with Crippen LogP contribution in [0.5, 0.6) is 5.88 Å². The molecule has 0 amide bonds. The molecule has 0 spiro atoms. The Labute approximate surface area is 183 Å². The predicted octanol–water partition coefficient (Wildman–Crippen LogP) is 4.97. The van der Waals surface area contributed by atoms with Gasteiger partial charge in [-0.05, 0) is 25.3 Å². The minimum Gasteiger partial charge on any atom is -0.477 e. The van der Waals surface area contributed by atoms with Crippen molar-refractivity contribution in [2.75, 3.05) is 6.61 Å². The Morgan fingerprint density at radius 2 is 1.94 bits per heavy atom. The van der Waals surface area contributed by atoms with Crippen LogP contribution >= 0.6 is 0 Å². The normalized spacial score (nSPS) is 15.1. The number of hydrogen-bond donors (Lipinski definition) is 0. The molecule has 0 N–H and O–H groups in total. The van der Waals surface area contributed by atoms with Crippen molar-refractivity contribution in [2.45, 2.75) is 51.6 Å². The van der Waals surface area contributed by atoms with E-state index in [9.17, 15) is 18.4 Å². The molecule has 0 saturated heterocycles. The van der Waals surface area contributed by atoms with Crippen LogP contribution in [0, 0.1) is 24.2 Å². The number of halogens is 3. The van der Waals surface area contributed by atoms with E-state index in [0.29, 0.717) is 24.0 Å². The number of aromatic nitrogens is 5. The van der Waals surface area contributed by atoms with E-state index in [2.05, 4.69) is 19.9 Å². The van der Waals surface area contributed by atoms with Crippen LogP contribution in [0.2, 0.25) is 0 Å². The van der Waals surface area contributed by atoms with Crippen LogP contribution in [0.15, 0.2) is 12.3 Å². The Morgan fingerprint density at radius 3 is 2.59 bits per heavy atom. The Kier molecular flexibility index (Phi) is 6.00. The van der Waals surface area contributed by atoms with Crippen LogP contribution in [0.1, 0.15) is 55.7 Å². The van der Waals surface area contributed by atoms with E-state index >= 15 is 0 Å². The summed E-state index contributed by atoms with van der Waals surface area (Å²) in [7, 11) is 1.21. The SMILES string of the molecule is Cc1cc(-c2nc(C#N)nc3c2nc(C(F)(F)F)n3C)cnc1OCCC1CCCCC1. The number of hydrogen-bond acceptors (Lipinski definition) is 6. The average molecular weight is 444 g/mol. The zero-order valence-electron chi connectivity index (χ0n) is 17.9. The maximum Gasteiger partial charge on any atom is 0.449 e. The number of pyridine rings is 1. The van der Waals surface area contributed by atoms with Crippen LogP contribution in [-0.4, -0.2) is 31.1 Å². The van der Waals surface area contributed by atoms with Crippen molar-refractivity contribution < 1.29 is 17.9 Å². The largest absolute Gasteiger partial charge is 0.477 e. The molecule has 10 heteroatoms. The molecule has 0 aromatic carbocycles. The summed E-state index contributed by atoms with van der Waals surface area (Å²) in [5.41, 5.74) is 1.19. The van der Waals surface area contributed by atoms with Gasteiger partial charge in [-0.25, -0.2) is 15.0 Å². The van der Waals surface area contributed by atoms with Crippen LogP contribution < -0.4 is 4.74 Å². The van der Waals surface area contributed by atoms with Crippen LogP contribution in [0.3, 0.4) is 0 Å². The van der Waals surface area contributed by atoms with Crippen molar-refractivity contribution in [1.82, 2.24) is 24.5 Å². The molecule has 3 heterocycles. The van der Waals surface area contributed by atoms with Crippen molar-refractivity contribution in [2.24, 2.45) is 13.0 Å². The lowest BCUT2D eigenvalue weighted by atomic mass is 9.87. The van der Waals surface area contributed by atoms with Gasteiger partial charge in [0.15, 0.2) is 5.65 Å². The summed E-state index contributed by atoms with van der Waals surface area (Å²) in [4.78, 5) is 16.1. The van der Waals surface area contributed by atoms with Gasteiger partial charge in [0.25, 0.3) is 0 Å². The van der Waals surface area contributed by atoms with Gasteiger partial charge in [0.1, 0.15) is 17.3 Å². The molecule has 7 nitrogen and oxygen atoms in total. The minimum atomic E-state index is -4.66. The molecule has 0 radical (unpaired) electrons. The molecule has 0 unspecified atom stereocenters. The Morgan fingerprint density at radius 1 is 1.19 bits per heavy atom. The van der Waals surface area contributed by atoms with Crippen molar-refractivity contribution in [3.05, 3.63) is 29.5 Å². The predicted molar refractivity (Wildman–Crippen MR) is 111 cm³/mol. The Balaban J connectivity index is 1.63. The average Bonchev–Trinajstić information content (AvgIpc) is 3.12. The van der Waals surface area contributed by atoms with Gasteiger partial charge in [0.2, 0.25) is 17.5 Å². The van der Waals surface area contributed by atoms with Gasteiger partial charge >= 0.3 is 6.18 Å². The second kappa shape index (κ2) is 8.73. The van der Waals surface area contributed by atoms with Gasteiger partial charge in [0, 0.05) is 24.4 Å². The molecule has 0 bridgehead atoms. The first-order valence-electron chi connectivity index (χ1n) is 10.6. The van der Waals surface area contributed by atoms with Crippen molar-refractivity contribution >= 4 is 11.2 Å². The molecule has 3 aromatic heterocycles. The highest BCUT2D eigenvalue weighted by Gasteiger charge is 2.37. The third kappa shape index (κ3) is 4.38. The lowest BCUT2D eigenvalue weighted by Crippen LogP contribution is -2.12. The molecule has 168 valence electrons. The second-order valence-electron chi connectivity index (χ2n) is 8.16. The molecule has 1 aliphatic carbocycles. The quantitative estimate of drug-likeness (QED) is 0.552. The number of imidazole rings is 1. The molecule has 4 rings (SSSR count). The number of nitrogens with zero attached hydrogens (tertiary/aromatic N) is 6. The van der Waals surface area contributed by atoms with Gasteiger partial charge < -0.3 is 9.30 Å². The van der Waals surface area contributed by atoms with E-state index in [-0.39, 0.29) is 22.7 Å². The summed E-state index contributed by atoms with van der Waals surface area (Å²) in [6.45, 7) is 2.39. The van der Waals surface area contributed by atoms with Crippen LogP contribution in [0.25, 0.3) is 22.4 Å². The summed E-state index contributed by atoms with van der Waals surface area (Å²) in [6, 6.07) is 3.53. The fourth-order valence-electron chi connectivity index (χ4n) is 4.21. The molecular formula is C22H23F3N6O. The van der Waals surface area contributed by atoms with Gasteiger partial charge in [-0.3, -0.25) is 0 Å². The van der Waals surface area contributed by atoms with Crippen LogP contribution in [0.4, 0.5) is 13.2 Å². The zero-order valence-corrected chi connectivity index (χ0v) is 17.9. The van der Waals surface area contributed by atoms with Gasteiger partial charge in [-0.15, -0.1) is 0 Å². The molecule has 32 heavy (non-hydrogen) atoms. The molecular weight excluding hydrogens is 421 g/mol. The highest BCUT2D eigenvalue weighted by molar-refractivity contribution is 5.88. The van der Waals surface area contributed by atoms with E-state index in [0.717, 1.165) is 16.6 Å². The number of alkyl halides is 3. The summed E-state index contributed by atoms with van der Waals surface area (Å²) in [5.74, 6) is -0.179. The first-order chi connectivity index (χ1) is 15.3. The first kappa shape index (κ1) is 22.0. The smallest absolute Gasteiger partial charge is 0.449 e. The minimum absolute atomic E-state index is 0.0361. The first-order valence-corrected chi connectivity index (χ1v) is 10.6. The zero-order chi connectivity index (χ0) is 22.9. The molecule has 3 aromatic rings. The molecule has 0 atom stereocenters. The van der Waals surface area contributed by atoms with Gasteiger partial charge in [0.05, 0.1) is 6.61 Å². The Hall–Kier alpha value is -3.22. The third-order valence-electron chi connectivity index (χ3n) is 5.87. The summed E-state index contributed by atoms with van der Waals surface area (Å²) in [6.07, 6.45) is 4.14. The number of rotatable bonds is 5. The number of nitriles is 1. The Bertz CT molecular complexity index is 1180. The van der Waals surface area contributed by atoms with Gasteiger partial charge in [-0.2, -0.15) is 23.4 Å². The monoisotopic (exact) mass is 444 g/mol. The highest BCUT2D eigenvalue weighted by atomic mass is 19.4. The summed E-state index contributed by atoms with van der Waals surface area (Å²) in [5, 5.41) is 9.27. The fourth-order valence-corrected chi connectivity index (χ4v) is 4.21. The topological polar surface area (TPSA) is 89.5 Å². The number of fused-ring (bicyclic) bond motifs is 1. The molecule has 0 aliphatic heterocycles. The lowest BCUT2D eigenvalue weighted by Gasteiger charge is -2.21. The summed E-state index contributed by atoms with van der Waals surface area (Å²) < 4.78 is 46.7. The third-order valence-corrected chi connectivity index (χ3v) is 5.87. The second-order valence-corrected chi connectivity index (χ2v) is 8.16. The van der Waals surface area contributed by atoms with E-state index in [1.54, 1.807) is 12.1 Å². The highest BCUT2D eigenvalue weighted by Crippen LogP contribution is 2.34. The van der Waals surface area contributed by atoms with E-state index in [1.165, 1.54) is 45.3 Å². The van der Waals surface area contributed by atoms with E-state index in [1.807, 2.05) is 6.92 Å². The van der Waals surface area contributed by atoms with Crippen molar-refractivity contribution in [3.8, 4) is 23.2 Å². The number of ether oxygens (including phenoxy) is 1. The van der Waals surface area contributed by atoms with E-state index < -0.39 is 12.0 Å². The van der Waals surface area contributed by atoms with Crippen molar-refractivity contribution in [3.63, 3.8) is 0 Å². The van der Waals surface area contributed by atoms with Crippen LogP contribution in [-0.2, 0) is 13.2 Å². The molecule has 1 aliphatic rings. The van der Waals surface area contributed by atoms with Crippen molar-refractivity contribution in [1.29, 1.82) is 5.26 Å².